The Morgan fingerprint density at radius 2 is 2.25 bits per heavy atom. The molecule has 0 radical (unpaired) electrons. The molecular formula is C16H14N2O4S2. The number of aliphatic carboxylic acids is 1. The van der Waals surface area contributed by atoms with E-state index in [1.807, 2.05) is 31.2 Å². The molecule has 0 spiro atoms. The first-order valence-electron chi connectivity index (χ1n) is 7.02. The minimum Gasteiger partial charge on any atom is -0.497 e. The number of H-pyrrole nitrogens is 1. The summed E-state index contributed by atoms with van der Waals surface area (Å²) in [7, 11) is 1.60. The van der Waals surface area contributed by atoms with Gasteiger partial charge in [0.25, 0.3) is 5.56 Å². The number of aromatic amines is 1. The van der Waals surface area contributed by atoms with Crippen molar-refractivity contribution in [3.8, 4) is 16.9 Å². The highest BCUT2D eigenvalue weighted by atomic mass is 32.2. The van der Waals surface area contributed by atoms with Gasteiger partial charge in [-0.15, -0.1) is 11.3 Å². The molecule has 2 N–H and O–H groups in total. The zero-order chi connectivity index (χ0) is 17.3. The Balaban J connectivity index is 2.14. The minimum absolute atomic E-state index is 0.151. The van der Waals surface area contributed by atoms with Gasteiger partial charge in [0.2, 0.25) is 0 Å². The van der Waals surface area contributed by atoms with Gasteiger partial charge in [0.15, 0.2) is 5.16 Å². The Kier molecular flexibility index (Phi) is 4.59. The Morgan fingerprint density at radius 3 is 2.96 bits per heavy atom. The van der Waals surface area contributed by atoms with Gasteiger partial charge in [-0.25, -0.2) is 4.98 Å². The summed E-state index contributed by atoms with van der Waals surface area (Å²) in [4.78, 5) is 31.8. The fraction of sp³-hybridized carbons (Fsp3) is 0.188. The van der Waals surface area contributed by atoms with Crippen molar-refractivity contribution < 1.29 is 14.6 Å². The quantitative estimate of drug-likeness (QED) is 0.535. The highest BCUT2D eigenvalue weighted by molar-refractivity contribution is 7.99. The fourth-order valence-electron chi connectivity index (χ4n) is 2.42. The zero-order valence-corrected chi connectivity index (χ0v) is 14.6. The Hall–Kier alpha value is -2.32. The van der Waals surface area contributed by atoms with E-state index < -0.39 is 5.97 Å². The van der Waals surface area contributed by atoms with Crippen LogP contribution in [0.15, 0.2) is 34.2 Å². The summed E-state index contributed by atoms with van der Waals surface area (Å²) < 4.78 is 5.25. The number of aromatic nitrogens is 2. The molecule has 0 aliphatic rings. The van der Waals surface area contributed by atoms with E-state index in [2.05, 4.69) is 9.97 Å². The van der Waals surface area contributed by atoms with Gasteiger partial charge in [0.05, 0.1) is 18.2 Å². The van der Waals surface area contributed by atoms with Crippen LogP contribution in [0.2, 0.25) is 0 Å². The number of ether oxygens (including phenoxy) is 1. The first kappa shape index (κ1) is 16.5. The van der Waals surface area contributed by atoms with Crippen LogP contribution < -0.4 is 10.3 Å². The predicted molar refractivity (Wildman–Crippen MR) is 95.3 cm³/mol. The summed E-state index contributed by atoms with van der Waals surface area (Å²) in [6.45, 7) is 1.94. The van der Waals surface area contributed by atoms with Crippen molar-refractivity contribution in [1.82, 2.24) is 9.97 Å². The van der Waals surface area contributed by atoms with Crippen LogP contribution in [0.5, 0.6) is 5.75 Å². The van der Waals surface area contributed by atoms with Crippen molar-refractivity contribution in [2.45, 2.75) is 12.1 Å². The van der Waals surface area contributed by atoms with Crippen molar-refractivity contribution in [1.29, 1.82) is 0 Å². The minimum atomic E-state index is -0.956. The van der Waals surface area contributed by atoms with Gasteiger partial charge in [-0.3, -0.25) is 9.59 Å². The van der Waals surface area contributed by atoms with Gasteiger partial charge in [0.1, 0.15) is 10.6 Å². The van der Waals surface area contributed by atoms with Crippen molar-refractivity contribution in [2.75, 3.05) is 12.9 Å². The molecule has 0 bridgehead atoms. The number of benzene rings is 1. The lowest BCUT2D eigenvalue weighted by atomic mass is 10.0. The van der Waals surface area contributed by atoms with Crippen molar-refractivity contribution in [3.63, 3.8) is 0 Å². The molecule has 0 fully saturated rings. The maximum atomic E-state index is 12.5. The maximum Gasteiger partial charge on any atom is 0.313 e. The van der Waals surface area contributed by atoms with Crippen LogP contribution in [0.1, 0.15) is 4.88 Å². The first-order chi connectivity index (χ1) is 11.5. The van der Waals surface area contributed by atoms with Crippen LogP contribution in [-0.4, -0.2) is 33.9 Å². The van der Waals surface area contributed by atoms with Crippen LogP contribution in [0.3, 0.4) is 0 Å². The number of nitrogens with zero attached hydrogens (tertiary/aromatic N) is 1. The first-order valence-corrected chi connectivity index (χ1v) is 8.82. The molecule has 6 nitrogen and oxygen atoms in total. The molecule has 0 aliphatic heterocycles. The SMILES string of the molecule is COc1cccc(-c2c(C)sc3nc(SCC(=O)O)[nH]c(=O)c23)c1. The van der Waals surface area contributed by atoms with Gasteiger partial charge in [-0.2, -0.15) is 0 Å². The number of fused-ring (bicyclic) bond motifs is 1. The number of carboxylic acids is 1. The van der Waals surface area contributed by atoms with Crippen molar-refractivity contribution >= 4 is 39.3 Å². The molecular weight excluding hydrogens is 348 g/mol. The van der Waals surface area contributed by atoms with Gasteiger partial charge in [-0.1, -0.05) is 23.9 Å². The third-order valence-corrected chi connectivity index (χ3v) is 5.26. The number of thioether (sulfide) groups is 1. The zero-order valence-electron chi connectivity index (χ0n) is 13.0. The number of methoxy groups -OCH3 is 1. The second-order valence-corrected chi connectivity index (χ2v) is 7.17. The summed E-state index contributed by atoms with van der Waals surface area (Å²) in [6.07, 6.45) is 0. The number of hydrogen-bond donors (Lipinski definition) is 2. The van der Waals surface area contributed by atoms with Crippen molar-refractivity contribution in [3.05, 3.63) is 39.5 Å². The summed E-state index contributed by atoms with van der Waals surface area (Å²) in [6, 6.07) is 7.51. The van der Waals surface area contributed by atoms with Crippen LogP contribution in [-0.2, 0) is 4.79 Å². The third kappa shape index (κ3) is 3.15. The van der Waals surface area contributed by atoms with Gasteiger partial charge in [-0.05, 0) is 24.6 Å². The van der Waals surface area contributed by atoms with Crippen LogP contribution >= 0.6 is 23.1 Å². The maximum absolute atomic E-state index is 12.5. The van der Waals surface area contributed by atoms with E-state index in [4.69, 9.17) is 9.84 Å². The lowest BCUT2D eigenvalue weighted by molar-refractivity contribution is -0.133. The number of carbonyl (C=O) groups is 1. The van der Waals surface area contributed by atoms with E-state index in [9.17, 15) is 9.59 Å². The molecule has 0 unspecified atom stereocenters. The largest absolute Gasteiger partial charge is 0.497 e. The highest BCUT2D eigenvalue weighted by Gasteiger charge is 2.17. The lowest BCUT2D eigenvalue weighted by Gasteiger charge is -2.05. The molecule has 124 valence electrons. The number of carboxylic acid groups (broad SMARTS) is 1. The molecule has 0 saturated heterocycles. The van der Waals surface area contributed by atoms with Gasteiger partial charge < -0.3 is 14.8 Å². The molecule has 8 heteroatoms. The van der Waals surface area contributed by atoms with Crippen molar-refractivity contribution in [2.24, 2.45) is 0 Å². The molecule has 2 aromatic heterocycles. The van der Waals surface area contributed by atoms with E-state index in [0.717, 1.165) is 27.8 Å². The predicted octanol–water partition coefficient (Wildman–Crippen LogP) is 3.15. The number of aryl methyl sites for hydroxylation is 1. The molecule has 0 atom stereocenters. The van der Waals surface area contributed by atoms with Gasteiger partial charge >= 0.3 is 5.97 Å². The molecule has 0 saturated carbocycles. The number of hydrogen-bond acceptors (Lipinski definition) is 6. The average molecular weight is 362 g/mol. The Labute approximate surface area is 145 Å². The number of rotatable bonds is 5. The topological polar surface area (TPSA) is 92.3 Å². The standard InChI is InChI=1S/C16H14N2O4S2/c1-8-12(9-4-3-5-10(6-9)22-2)13-14(21)17-16(18-15(13)24-8)23-7-11(19)20/h3-6H,7H2,1-2H3,(H,19,20)(H,17,18,21). The monoisotopic (exact) mass is 362 g/mol. The lowest BCUT2D eigenvalue weighted by Crippen LogP contribution is -2.10. The summed E-state index contributed by atoms with van der Waals surface area (Å²) in [5.41, 5.74) is 1.45. The van der Waals surface area contributed by atoms with E-state index in [1.165, 1.54) is 11.3 Å². The van der Waals surface area contributed by atoms with Crippen LogP contribution in [0.25, 0.3) is 21.3 Å². The van der Waals surface area contributed by atoms with E-state index >= 15 is 0 Å². The number of nitrogens with one attached hydrogen (secondary N) is 1. The normalized spacial score (nSPS) is 10.9. The molecule has 0 aliphatic carbocycles. The molecule has 1 aromatic carbocycles. The summed E-state index contributed by atoms with van der Waals surface area (Å²) in [5, 5.41) is 9.59. The molecule has 2 heterocycles. The summed E-state index contributed by atoms with van der Waals surface area (Å²) in [5.74, 6) is -0.395. The van der Waals surface area contributed by atoms with E-state index in [-0.39, 0.29) is 11.3 Å². The molecule has 0 amide bonds. The highest BCUT2D eigenvalue weighted by Crippen LogP contribution is 2.37. The second-order valence-electron chi connectivity index (χ2n) is 5.00. The second kappa shape index (κ2) is 6.66. The van der Waals surface area contributed by atoms with E-state index in [0.29, 0.717) is 21.1 Å². The Morgan fingerprint density at radius 1 is 1.46 bits per heavy atom. The van der Waals surface area contributed by atoms with Gasteiger partial charge in [0, 0.05) is 10.4 Å². The van der Waals surface area contributed by atoms with Crippen LogP contribution in [0.4, 0.5) is 0 Å². The smallest absolute Gasteiger partial charge is 0.313 e. The van der Waals surface area contributed by atoms with Crippen LogP contribution in [0, 0.1) is 6.92 Å². The Bertz CT molecular complexity index is 978. The third-order valence-electron chi connectivity index (χ3n) is 3.41. The number of thiophene rings is 1. The van der Waals surface area contributed by atoms with E-state index in [1.54, 1.807) is 7.11 Å². The summed E-state index contributed by atoms with van der Waals surface area (Å²) >= 11 is 2.41. The molecule has 3 rings (SSSR count). The molecule has 24 heavy (non-hydrogen) atoms. The molecule has 3 aromatic rings. The fourth-order valence-corrected chi connectivity index (χ4v) is 4.11. The average Bonchev–Trinajstić information content (AvgIpc) is 2.89.